The van der Waals surface area contributed by atoms with Crippen molar-refractivity contribution in [2.75, 3.05) is 0 Å². The summed E-state index contributed by atoms with van der Waals surface area (Å²) >= 11 is 0. The maximum absolute atomic E-state index is 3.36. The zero-order chi connectivity index (χ0) is 39.6. The largest absolute Gasteiger partial charge is 3.00 e. The second-order valence-corrected chi connectivity index (χ2v) is 16.0. The Kier molecular flexibility index (Phi) is 30.8. The van der Waals surface area contributed by atoms with E-state index in [9.17, 15) is 0 Å². The second kappa shape index (κ2) is 30.8. The summed E-state index contributed by atoms with van der Waals surface area (Å²) in [6.07, 6.45) is 6.72. The van der Waals surface area contributed by atoms with Crippen LogP contribution in [0.2, 0.25) is 26.2 Å². The van der Waals surface area contributed by atoms with Crippen molar-refractivity contribution in [3.05, 3.63) is 179 Å². The van der Waals surface area contributed by atoms with Gasteiger partial charge in [0.15, 0.2) is 0 Å². The minimum Gasteiger partial charge on any atom is -1.00 e. The Balaban J connectivity index is 0. The molecular formula is C52H60Cl2Si2Zr2. The van der Waals surface area contributed by atoms with Gasteiger partial charge in [-0.3, -0.25) is 12.2 Å². The molecule has 58 heavy (non-hydrogen) atoms. The van der Waals surface area contributed by atoms with Crippen LogP contribution in [-0.2, 0) is 52.4 Å². The Morgan fingerprint density at radius 3 is 1.00 bits per heavy atom. The van der Waals surface area contributed by atoms with E-state index in [-0.39, 0.29) is 77.2 Å². The average Bonchev–Trinajstić information content (AvgIpc) is 3.97. The van der Waals surface area contributed by atoms with Crippen LogP contribution in [-0.4, -0.2) is 19.0 Å². The number of allylic oxidation sites excluding steroid dienone is 8. The Hall–Kier alpha value is -2.16. The molecule has 8 rings (SSSR count). The number of halogens is 2. The van der Waals surface area contributed by atoms with E-state index in [1.165, 1.54) is 77.2 Å². The Labute approximate surface area is 408 Å². The molecule has 2 atom stereocenters. The Morgan fingerprint density at radius 1 is 0.448 bits per heavy atom. The van der Waals surface area contributed by atoms with Crippen LogP contribution in [0.5, 0.6) is 0 Å². The minimum absolute atomic E-state index is 0. The summed E-state index contributed by atoms with van der Waals surface area (Å²) in [7, 11) is 2.17. The molecule has 6 heteroatoms. The summed E-state index contributed by atoms with van der Waals surface area (Å²) in [5.41, 5.74) is 13.7. The number of benzene rings is 4. The summed E-state index contributed by atoms with van der Waals surface area (Å²) in [6, 6.07) is 46.8. The number of hydrogen-bond donors (Lipinski definition) is 0. The van der Waals surface area contributed by atoms with Gasteiger partial charge in [-0.2, -0.15) is 46.6 Å². The minimum atomic E-state index is 0. The van der Waals surface area contributed by atoms with Gasteiger partial charge < -0.3 is 24.8 Å². The van der Waals surface area contributed by atoms with Crippen LogP contribution in [0.4, 0.5) is 0 Å². The smallest absolute Gasteiger partial charge is 1.00 e. The third-order valence-corrected chi connectivity index (χ3v) is 10.00. The average molecular weight is 995 g/mol. The molecule has 0 saturated carbocycles. The van der Waals surface area contributed by atoms with E-state index < -0.39 is 0 Å². The summed E-state index contributed by atoms with van der Waals surface area (Å²) < 4.78 is 0. The van der Waals surface area contributed by atoms with Crippen molar-refractivity contribution in [2.45, 2.75) is 81.6 Å². The van der Waals surface area contributed by atoms with Crippen LogP contribution in [0, 0.1) is 24.0 Å². The Bertz CT molecular complexity index is 2000. The van der Waals surface area contributed by atoms with E-state index in [0.717, 1.165) is 19.0 Å². The monoisotopic (exact) mass is 990 g/mol. The van der Waals surface area contributed by atoms with Crippen molar-refractivity contribution in [3.8, 4) is 22.3 Å². The van der Waals surface area contributed by atoms with Gasteiger partial charge in [0.05, 0.1) is 0 Å². The molecule has 0 spiro atoms. The molecule has 0 saturated heterocycles. The fourth-order valence-corrected chi connectivity index (χ4v) is 6.39. The summed E-state index contributed by atoms with van der Waals surface area (Å²) in [6.45, 7) is 25.9. The fourth-order valence-electron chi connectivity index (χ4n) is 6.39. The number of fused-ring (bicyclic) bond motifs is 2. The molecule has 6 radical (unpaired) electrons. The van der Waals surface area contributed by atoms with Crippen molar-refractivity contribution >= 4 is 40.6 Å². The Morgan fingerprint density at radius 2 is 0.759 bits per heavy atom. The van der Waals surface area contributed by atoms with Gasteiger partial charge >= 0.3 is 52.4 Å². The molecule has 0 aliphatic heterocycles. The quantitative estimate of drug-likeness (QED) is 0.120. The summed E-state index contributed by atoms with van der Waals surface area (Å²) in [5, 5.41) is 5.31. The molecule has 2 unspecified atom stereocenters. The first-order chi connectivity index (χ1) is 26.0. The van der Waals surface area contributed by atoms with Crippen molar-refractivity contribution in [1.29, 1.82) is 0 Å². The molecule has 2 aliphatic rings. The molecule has 0 nitrogen and oxygen atoms in total. The van der Waals surface area contributed by atoms with E-state index in [2.05, 4.69) is 227 Å². The molecule has 6 aromatic rings. The molecule has 0 aromatic heterocycles. The van der Waals surface area contributed by atoms with E-state index in [4.69, 9.17) is 0 Å². The SMILES string of the molecule is CC1=[C-]C(C)C(C)=C1C.CC1=[C-]C(C)C(C)=C1C.C[Si]C.C[Si]C.[Cl-].[Cl-].[Zr+3].[Zr+3].c1ccc(-c2cccc3[cH-]ccc23)cc1.c1ccc(-c2cccc3[cH-]ccc23)cc1. The van der Waals surface area contributed by atoms with Crippen LogP contribution in [0.1, 0.15) is 55.4 Å². The normalized spacial score (nSPS) is 14.6. The van der Waals surface area contributed by atoms with Gasteiger partial charge in [-0.05, 0) is 11.1 Å². The van der Waals surface area contributed by atoms with Crippen LogP contribution < -0.4 is 24.8 Å². The van der Waals surface area contributed by atoms with E-state index >= 15 is 0 Å². The molecule has 6 aromatic carbocycles. The third-order valence-electron chi connectivity index (χ3n) is 10.00. The van der Waals surface area contributed by atoms with Crippen LogP contribution >= 0.6 is 0 Å². The molecule has 0 bridgehead atoms. The van der Waals surface area contributed by atoms with Gasteiger partial charge in [0.25, 0.3) is 0 Å². The second-order valence-electron chi connectivity index (χ2n) is 14.0. The van der Waals surface area contributed by atoms with Crippen molar-refractivity contribution < 1.29 is 77.2 Å². The van der Waals surface area contributed by atoms with Gasteiger partial charge in [-0.15, -0.1) is 71.8 Å². The van der Waals surface area contributed by atoms with Crippen molar-refractivity contribution in [2.24, 2.45) is 11.8 Å². The van der Waals surface area contributed by atoms with Gasteiger partial charge in [-0.25, -0.2) is 11.1 Å². The zero-order valence-corrected chi connectivity index (χ0v) is 45.0. The van der Waals surface area contributed by atoms with E-state index in [1.54, 1.807) is 0 Å². The number of hydrogen-bond acceptors (Lipinski definition) is 0. The summed E-state index contributed by atoms with van der Waals surface area (Å²) in [4.78, 5) is 0. The van der Waals surface area contributed by atoms with E-state index in [1.807, 2.05) is 0 Å². The fraction of sp³-hybridized carbons (Fsp3) is 0.269. The van der Waals surface area contributed by atoms with Crippen LogP contribution in [0.3, 0.4) is 0 Å². The van der Waals surface area contributed by atoms with Crippen LogP contribution in [0.15, 0.2) is 167 Å². The maximum Gasteiger partial charge on any atom is 3.00 e. The standard InChI is InChI=1S/2C15H11.2C9H13.2C2H6Si.2ClH.2Zr/c2*1-2-6-12(7-3-1)14-10-4-8-13-9-5-11-15(13)14;2*1-6-5-7(2)9(4)8(6)3;2*1-3-2;;;;/h2*1-11H;2*6H,1-4H3;2*1-2H3;2*1H;;/q4*-1;;;;;2*+3/p-2. The van der Waals surface area contributed by atoms with Crippen LogP contribution in [0.25, 0.3) is 43.8 Å². The van der Waals surface area contributed by atoms with Crippen molar-refractivity contribution in [3.63, 3.8) is 0 Å². The summed E-state index contributed by atoms with van der Waals surface area (Å²) in [5.74, 6) is 1.12. The van der Waals surface area contributed by atoms with Gasteiger partial charge in [0.1, 0.15) is 0 Å². The van der Waals surface area contributed by atoms with E-state index in [0.29, 0.717) is 11.8 Å². The third kappa shape index (κ3) is 17.1. The number of rotatable bonds is 2. The topological polar surface area (TPSA) is 0 Å². The van der Waals surface area contributed by atoms with Gasteiger partial charge in [0.2, 0.25) is 0 Å². The molecule has 2 aliphatic carbocycles. The first kappa shape index (κ1) is 57.9. The molecule has 298 valence electrons. The van der Waals surface area contributed by atoms with Crippen molar-refractivity contribution in [1.82, 2.24) is 0 Å². The molecule has 0 N–H and O–H groups in total. The van der Waals surface area contributed by atoms with Gasteiger partial charge in [-0.1, -0.05) is 163 Å². The maximum atomic E-state index is 3.36. The molecule has 0 amide bonds. The first-order valence-corrected chi connectivity index (χ1v) is 23.1. The van der Waals surface area contributed by atoms with Gasteiger partial charge in [0, 0.05) is 19.0 Å². The molecular weight excluding hydrogens is 934 g/mol. The predicted molar refractivity (Wildman–Crippen MR) is 245 cm³/mol. The predicted octanol–water partition coefficient (Wildman–Crippen LogP) is 9.47. The molecule has 0 fully saturated rings. The first-order valence-electron chi connectivity index (χ1n) is 19.1. The zero-order valence-electron chi connectivity index (χ0n) is 36.6. The molecule has 0 heterocycles.